The molecule has 2 heterocycles. The van der Waals surface area contributed by atoms with Gasteiger partial charge in [-0.3, -0.25) is 9.89 Å². The summed E-state index contributed by atoms with van der Waals surface area (Å²) in [6.07, 6.45) is 2.57. The van der Waals surface area contributed by atoms with Crippen LogP contribution in [0.3, 0.4) is 0 Å². The van der Waals surface area contributed by atoms with Gasteiger partial charge in [0.1, 0.15) is 5.75 Å². The van der Waals surface area contributed by atoms with E-state index in [4.69, 9.17) is 0 Å². The summed E-state index contributed by atoms with van der Waals surface area (Å²) in [5.41, 5.74) is 2.28. The summed E-state index contributed by atoms with van der Waals surface area (Å²) in [6.45, 7) is 6.69. The van der Waals surface area contributed by atoms with Gasteiger partial charge in [0, 0.05) is 39.8 Å². The van der Waals surface area contributed by atoms with Gasteiger partial charge in [-0.15, -0.1) is 0 Å². The summed E-state index contributed by atoms with van der Waals surface area (Å²) >= 11 is 0. The Morgan fingerprint density at radius 1 is 0.933 bits per heavy atom. The number of guanidine groups is 1. The van der Waals surface area contributed by atoms with E-state index in [1.807, 2.05) is 25.2 Å². The summed E-state index contributed by atoms with van der Waals surface area (Å²) in [5, 5.41) is 13.8. The molecule has 1 atom stereocenters. The third-order valence-electron chi connectivity index (χ3n) is 6.23. The maximum atomic E-state index is 10.1. The van der Waals surface area contributed by atoms with Crippen LogP contribution < -0.4 is 10.2 Å². The maximum Gasteiger partial charge on any atom is 0.193 e. The van der Waals surface area contributed by atoms with Crippen LogP contribution in [0.15, 0.2) is 59.6 Å². The van der Waals surface area contributed by atoms with Gasteiger partial charge >= 0.3 is 0 Å². The fourth-order valence-electron chi connectivity index (χ4n) is 4.60. The third-order valence-corrected chi connectivity index (χ3v) is 6.23. The highest BCUT2D eigenvalue weighted by Crippen LogP contribution is 2.27. The van der Waals surface area contributed by atoms with Crippen molar-refractivity contribution in [2.75, 3.05) is 57.8 Å². The second-order valence-electron chi connectivity index (χ2n) is 8.06. The standard InChI is InChI=1S/C24H33N5O/c1-25-24(29-17-15-28(16-18-29)21-11-5-6-12-23(21)30)26-19-22(27-13-7-8-14-27)20-9-3-2-4-10-20/h2-6,9-12,22,30H,7-8,13-19H2,1H3,(H,25,26). The minimum atomic E-state index is 0.352. The SMILES string of the molecule is CN=C(NCC(c1ccccc1)N1CCCC1)N1CCN(c2ccccc2O)CC1. The number of nitrogens with one attached hydrogen (secondary N) is 1. The van der Waals surface area contributed by atoms with Crippen molar-refractivity contribution in [3.8, 4) is 5.75 Å². The Balaban J connectivity index is 1.37. The van der Waals surface area contributed by atoms with E-state index in [9.17, 15) is 5.11 Å². The number of anilines is 1. The Hall–Kier alpha value is -2.73. The first-order valence-corrected chi connectivity index (χ1v) is 11.0. The molecule has 30 heavy (non-hydrogen) atoms. The zero-order valence-electron chi connectivity index (χ0n) is 17.9. The Bertz CT molecular complexity index is 826. The first kappa shape index (κ1) is 20.5. The van der Waals surface area contributed by atoms with Gasteiger partial charge in [0.25, 0.3) is 0 Å². The monoisotopic (exact) mass is 407 g/mol. The largest absolute Gasteiger partial charge is 0.506 e. The number of rotatable bonds is 5. The minimum Gasteiger partial charge on any atom is -0.506 e. The van der Waals surface area contributed by atoms with Crippen LogP contribution in [0.25, 0.3) is 0 Å². The average molecular weight is 408 g/mol. The molecule has 6 nitrogen and oxygen atoms in total. The lowest BCUT2D eigenvalue weighted by Gasteiger charge is -2.38. The van der Waals surface area contributed by atoms with Crippen molar-refractivity contribution in [3.63, 3.8) is 0 Å². The van der Waals surface area contributed by atoms with E-state index in [0.717, 1.165) is 44.4 Å². The summed E-state index contributed by atoms with van der Waals surface area (Å²) < 4.78 is 0. The van der Waals surface area contributed by atoms with Gasteiger partial charge in [0.05, 0.1) is 11.7 Å². The molecule has 2 fully saturated rings. The van der Waals surface area contributed by atoms with Crippen LogP contribution in [-0.4, -0.2) is 73.7 Å². The first-order chi connectivity index (χ1) is 14.8. The number of phenols is 1. The lowest BCUT2D eigenvalue weighted by Crippen LogP contribution is -2.53. The lowest BCUT2D eigenvalue weighted by atomic mass is 10.1. The molecule has 6 heteroatoms. The fraction of sp³-hybridized carbons (Fsp3) is 0.458. The number of para-hydroxylation sites is 2. The highest BCUT2D eigenvalue weighted by molar-refractivity contribution is 5.80. The molecule has 0 spiro atoms. The molecule has 160 valence electrons. The number of hydrogen-bond acceptors (Lipinski definition) is 4. The normalized spacial score (nSPS) is 19.2. The molecule has 2 aliphatic heterocycles. The molecule has 1 unspecified atom stereocenters. The van der Waals surface area contributed by atoms with E-state index < -0.39 is 0 Å². The molecular weight excluding hydrogens is 374 g/mol. The predicted octanol–water partition coefficient (Wildman–Crippen LogP) is 2.93. The molecule has 2 aliphatic rings. The minimum absolute atomic E-state index is 0.352. The van der Waals surface area contributed by atoms with Gasteiger partial charge in [-0.1, -0.05) is 42.5 Å². The van der Waals surface area contributed by atoms with Crippen molar-refractivity contribution in [3.05, 3.63) is 60.2 Å². The third kappa shape index (κ3) is 4.70. The Morgan fingerprint density at radius 3 is 2.27 bits per heavy atom. The summed E-state index contributed by atoms with van der Waals surface area (Å²) in [5.74, 6) is 1.32. The van der Waals surface area contributed by atoms with Crippen molar-refractivity contribution in [2.24, 2.45) is 4.99 Å². The second-order valence-corrected chi connectivity index (χ2v) is 8.06. The van der Waals surface area contributed by atoms with E-state index in [1.165, 1.54) is 31.5 Å². The molecule has 2 saturated heterocycles. The van der Waals surface area contributed by atoms with Crippen molar-refractivity contribution in [1.82, 2.24) is 15.1 Å². The van der Waals surface area contributed by atoms with Gasteiger partial charge < -0.3 is 20.2 Å². The zero-order chi connectivity index (χ0) is 20.8. The highest BCUT2D eigenvalue weighted by atomic mass is 16.3. The zero-order valence-corrected chi connectivity index (χ0v) is 17.9. The van der Waals surface area contributed by atoms with Crippen molar-refractivity contribution in [1.29, 1.82) is 0 Å². The number of piperazine rings is 1. The van der Waals surface area contributed by atoms with E-state index in [-0.39, 0.29) is 0 Å². The van der Waals surface area contributed by atoms with E-state index in [1.54, 1.807) is 6.07 Å². The molecule has 0 aliphatic carbocycles. The quantitative estimate of drug-likeness (QED) is 0.590. The fourth-order valence-corrected chi connectivity index (χ4v) is 4.60. The van der Waals surface area contributed by atoms with Crippen LogP contribution >= 0.6 is 0 Å². The number of aromatic hydroxyl groups is 1. The smallest absolute Gasteiger partial charge is 0.193 e. The maximum absolute atomic E-state index is 10.1. The van der Waals surface area contributed by atoms with Gasteiger partial charge in [-0.2, -0.15) is 0 Å². The van der Waals surface area contributed by atoms with Crippen molar-refractivity contribution in [2.45, 2.75) is 18.9 Å². The number of hydrogen-bond donors (Lipinski definition) is 2. The Morgan fingerprint density at radius 2 is 1.60 bits per heavy atom. The van der Waals surface area contributed by atoms with Gasteiger partial charge in [0.2, 0.25) is 0 Å². The molecule has 0 bridgehead atoms. The first-order valence-electron chi connectivity index (χ1n) is 11.0. The van der Waals surface area contributed by atoms with E-state index in [0.29, 0.717) is 11.8 Å². The number of nitrogens with zero attached hydrogens (tertiary/aromatic N) is 4. The van der Waals surface area contributed by atoms with Crippen LogP contribution in [0.2, 0.25) is 0 Å². The molecule has 0 amide bonds. The molecule has 0 saturated carbocycles. The van der Waals surface area contributed by atoms with E-state index in [2.05, 4.69) is 55.3 Å². The summed E-state index contributed by atoms with van der Waals surface area (Å²) in [7, 11) is 1.87. The Labute approximate surface area is 179 Å². The second kappa shape index (κ2) is 9.85. The number of benzene rings is 2. The number of likely N-dealkylation sites (tertiary alicyclic amines) is 1. The van der Waals surface area contributed by atoms with Crippen LogP contribution in [-0.2, 0) is 0 Å². The summed E-state index contributed by atoms with van der Waals surface area (Å²) in [4.78, 5) is 11.7. The molecule has 2 N–H and O–H groups in total. The van der Waals surface area contributed by atoms with Crippen LogP contribution in [0.5, 0.6) is 5.75 Å². The summed E-state index contributed by atoms with van der Waals surface area (Å²) in [6, 6.07) is 18.8. The topological polar surface area (TPSA) is 54.3 Å². The van der Waals surface area contributed by atoms with Gasteiger partial charge in [-0.25, -0.2) is 0 Å². The molecule has 0 radical (unpaired) electrons. The van der Waals surface area contributed by atoms with Crippen LogP contribution in [0.1, 0.15) is 24.4 Å². The van der Waals surface area contributed by atoms with Crippen molar-refractivity contribution >= 4 is 11.6 Å². The molecule has 4 rings (SSSR count). The molecule has 2 aromatic carbocycles. The molecular formula is C24H33N5O. The van der Waals surface area contributed by atoms with Gasteiger partial charge in [-0.05, 0) is 43.6 Å². The average Bonchev–Trinajstić information content (AvgIpc) is 3.33. The van der Waals surface area contributed by atoms with Crippen molar-refractivity contribution < 1.29 is 5.11 Å². The predicted molar refractivity (Wildman–Crippen MR) is 123 cm³/mol. The molecule has 0 aromatic heterocycles. The number of phenolic OH excluding ortho intramolecular Hbond substituents is 1. The van der Waals surface area contributed by atoms with Crippen LogP contribution in [0, 0.1) is 0 Å². The highest BCUT2D eigenvalue weighted by Gasteiger charge is 2.25. The Kier molecular flexibility index (Phi) is 6.74. The molecule has 2 aromatic rings. The van der Waals surface area contributed by atoms with Gasteiger partial charge in [0.15, 0.2) is 5.96 Å². The van der Waals surface area contributed by atoms with E-state index >= 15 is 0 Å². The number of aliphatic imine (C=N–C) groups is 1. The van der Waals surface area contributed by atoms with Crippen LogP contribution in [0.4, 0.5) is 5.69 Å². The lowest BCUT2D eigenvalue weighted by molar-refractivity contribution is 0.243.